The van der Waals surface area contributed by atoms with Crippen molar-refractivity contribution in [1.29, 1.82) is 0 Å². The predicted molar refractivity (Wildman–Crippen MR) is 74.3 cm³/mol. The van der Waals surface area contributed by atoms with Crippen LogP contribution in [0.15, 0.2) is 30.5 Å². The molecule has 1 heterocycles. The summed E-state index contributed by atoms with van der Waals surface area (Å²) in [6, 6.07) is 7.99. The maximum atomic E-state index is 5.61. The first-order valence-electron chi connectivity index (χ1n) is 5.75. The number of aryl methyl sites for hydroxylation is 1. The number of hydrogen-bond donors (Lipinski definition) is 2. The van der Waals surface area contributed by atoms with Crippen LogP contribution in [0.2, 0.25) is 0 Å². The van der Waals surface area contributed by atoms with Crippen LogP contribution in [0.25, 0.3) is 16.6 Å². The van der Waals surface area contributed by atoms with Crippen molar-refractivity contribution in [2.45, 2.75) is 6.92 Å². The number of benzene rings is 1. The molecule has 0 spiro atoms. The van der Waals surface area contributed by atoms with E-state index >= 15 is 0 Å². The Morgan fingerprint density at radius 3 is 2.78 bits per heavy atom. The van der Waals surface area contributed by atoms with E-state index in [0.29, 0.717) is 0 Å². The molecule has 0 amide bonds. The third-order valence-electron chi connectivity index (χ3n) is 2.88. The van der Waals surface area contributed by atoms with Crippen molar-refractivity contribution in [2.24, 2.45) is 5.73 Å². The number of nitrogens with two attached hydrogens (primary N) is 1. The molecule has 0 fully saturated rings. The van der Waals surface area contributed by atoms with E-state index in [1.165, 1.54) is 6.20 Å². The van der Waals surface area contributed by atoms with Gasteiger partial charge in [-0.15, -0.1) is 0 Å². The molecule has 0 atom stereocenters. The molecule has 0 aliphatic heterocycles. The first-order chi connectivity index (χ1) is 8.69. The van der Waals surface area contributed by atoms with Gasteiger partial charge in [-0.25, -0.2) is 0 Å². The standard InChI is InChI=1S/C14H17N3O/c1-9-4-5-10-6-11(13(8-15)16-2)14(18-3)7-12(10)17-9/h4-8,16H,15H2,1-3H3/b13-8-. The normalized spacial score (nSPS) is 11.6. The van der Waals surface area contributed by atoms with Gasteiger partial charge in [0.2, 0.25) is 0 Å². The number of pyridine rings is 1. The minimum Gasteiger partial charge on any atom is -0.496 e. The van der Waals surface area contributed by atoms with Gasteiger partial charge >= 0.3 is 0 Å². The highest BCUT2D eigenvalue weighted by atomic mass is 16.5. The zero-order valence-corrected chi connectivity index (χ0v) is 10.8. The first kappa shape index (κ1) is 12.2. The Morgan fingerprint density at radius 2 is 2.17 bits per heavy atom. The Morgan fingerprint density at radius 1 is 1.39 bits per heavy atom. The van der Waals surface area contributed by atoms with Gasteiger partial charge in [0, 0.05) is 36.0 Å². The molecular weight excluding hydrogens is 226 g/mol. The SMILES string of the molecule is CN/C(=C\N)c1cc2ccc(C)nc2cc1OC. The molecule has 18 heavy (non-hydrogen) atoms. The average molecular weight is 243 g/mol. The van der Waals surface area contributed by atoms with Gasteiger partial charge in [0.05, 0.1) is 18.3 Å². The predicted octanol–water partition coefficient (Wildman–Crippen LogP) is 2.03. The van der Waals surface area contributed by atoms with Crippen LogP contribution >= 0.6 is 0 Å². The highest BCUT2D eigenvalue weighted by molar-refractivity contribution is 5.86. The summed E-state index contributed by atoms with van der Waals surface area (Å²) in [5, 5.41) is 4.12. The molecule has 1 aromatic heterocycles. The number of fused-ring (bicyclic) bond motifs is 1. The molecule has 0 radical (unpaired) electrons. The van der Waals surface area contributed by atoms with Crippen molar-refractivity contribution in [3.05, 3.63) is 41.7 Å². The smallest absolute Gasteiger partial charge is 0.130 e. The van der Waals surface area contributed by atoms with E-state index in [4.69, 9.17) is 10.5 Å². The number of ether oxygens (including phenoxy) is 1. The van der Waals surface area contributed by atoms with Gasteiger partial charge in [0.25, 0.3) is 0 Å². The first-order valence-corrected chi connectivity index (χ1v) is 5.75. The van der Waals surface area contributed by atoms with Gasteiger partial charge in [0.15, 0.2) is 0 Å². The lowest BCUT2D eigenvalue weighted by molar-refractivity contribution is 0.414. The number of methoxy groups -OCH3 is 1. The zero-order chi connectivity index (χ0) is 13.1. The Bertz CT molecular complexity index is 605. The summed E-state index contributed by atoms with van der Waals surface area (Å²) in [6.07, 6.45) is 1.53. The Labute approximate surface area is 106 Å². The molecule has 0 saturated carbocycles. The van der Waals surface area contributed by atoms with Gasteiger partial charge in [-0.3, -0.25) is 4.98 Å². The summed E-state index contributed by atoms with van der Waals surface area (Å²) in [6.45, 7) is 1.97. The minimum absolute atomic E-state index is 0.756. The summed E-state index contributed by atoms with van der Waals surface area (Å²) in [7, 11) is 3.47. The van der Waals surface area contributed by atoms with Gasteiger partial charge in [-0.1, -0.05) is 6.07 Å². The summed E-state index contributed by atoms with van der Waals surface area (Å²) in [4.78, 5) is 4.49. The number of aromatic nitrogens is 1. The summed E-state index contributed by atoms with van der Waals surface area (Å²) < 4.78 is 5.40. The fraction of sp³-hybridized carbons (Fsp3) is 0.214. The molecule has 4 heteroatoms. The Hall–Kier alpha value is -2.23. The highest BCUT2D eigenvalue weighted by Gasteiger charge is 2.09. The van der Waals surface area contributed by atoms with E-state index in [0.717, 1.165) is 33.6 Å². The van der Waals surface area contributed by atoms with Gasteiger partial charge < -0.3 is 15.8 Å². The molecule has 0 unspecified atom stereocenters. The van der Waals surface area contributed by atoms with Gasteiger partial charge in [-0.2, -0.15) is 0 Å². The third-order valence-corrected chi connectivity index (χ3v) is 2.88. The van der Waals surface area contributed by atoms with Gasteiger partial charge in [0.1, 0.15) is 5.75 Å². The van der Waals surface area contributed by atoms with Crippen LogP contribution in [-0.2, 0) is 0 Å². The lowest BCUT2D eigenvalue weighted by atomic mass is 10.1. The van der Waals surface area contributed by atoms with E-state index < -0.39 is 0 Å². The summed E-state index contributed by atoms with van der Waals surface area (Å²) in [5.41, 5.74) is 9.28. The van der Waals surface area contributed by atoms with E-state index in [9.17, 15) is 0 Å². The lowest BCUT2D eigenvalue weighted by Crippen LogP contribution is -2.08. The second kappa shape index (κ2) is 4.96. The molecule has 0 saturated heterocycles. The maximum Gasteiger partial charge on any atom is 0.130 e. The van der Waals surface area contributed by atoms with E-state index in [-0.39, 0.29) is 0 Å². The van der Waals surface area contributed by atoms with Crippen LogP contribution in [0.4, 0.5) is 0 Å². The van der Waals surface area contributed by atoms with Crippen LogP contribution in [0.3, 0.4) is 0 Å². The molecule has 4 nitrogen and oxygen atoms in total. The fourth-order valence-corrected chi connectivity index (χ4v) is 1.94. The van der Waals surface area contributed by atoms with Crippen molar-refractivity contribution in [3.8, 4) is 5.75 Å². The second-order valence-electron chi connectivity index (χ2n) is 4.03. The van der Waals surface area contributed by atoms with Crippen LogP contribution in [-0.4, -0.2) is 19.1 Å². The average Bonchev–Trinajstić information content (AvgIpc) is 2.39. The highest BCUT2D eigenvalue weighted by Crippen LogP contribution is 2.29. The monoisotopic (exact) mass is 243 g/mol. The number of nitrogens with one attached hydrogen (secondary N) is 1. The lowest BCUT2D eigenvalue weighted by Gasteiger charge is -2.13. The van der Waals surface area contributed by atoms with Crippen molar-refractivity contribution < 1.29 is 4.74 Å². The van der Waals surface area contributed by atoms with Crippen molar-refractivity contribution >= 4 is 16.6 Å². The number of hydrogen-bond acceptors (Lipinski definition) is 4. The molecule has 3 N–H and O–H groups in total. The molecule has 0 aliphatic carbocycles. The van der Waals surface area contributed by atoms with E-state index in [1.807, 2.05) is 38.2 Å². The van der Waals surface area contributed by atoms with Crippen molar-refractivity contribution in [3.63, 3.8) is 0 Å². The molecule has 94 valence electrons. The maximum absolute atomic E-state index is 5.61. The third kappa shape index (κ3) is 2.09. The summed E-state index contributed by atoms with van der Waals surface area (Å²) >= 11 is 0. The number of rotatable bonds is 3. The molecule has 0 bridgehead atoms. The van der Waals surface area contributed by atoms with E-state index in [2.05, 4.69) is 10.3 Å². The summed E-state index contributed by atoms with van der Waals surface area (Å²) in [5.74, 6) is 0.756. The topological polar surface area (TPSA) is 60.2 Å². The molecule has 1 aromatic carbocycles. The van der Waals surface area contributed by atoms with Crippen molar-refractivity contribution in [1.82, 2.24) is 10.3 Å². The van der Waals surface area contributed by atoms with Crippen LogP contribution in [0.5, 0.6) is 5.75 Å². The Balaban J connectivity index is 2.70. The van der Waals surface area contributed by atoms with Crippen LogP contribution in [0.1, 0.15) is 11.3 Å². The second-order valence-corrected chi connectivity index (χ2v) is 4.03. The minimum atomic E-state index is 0.756. The van der Waals surface area contributed by atoms with Crippen LogP contribution < -0.4 is 15.8 Å². The molecule has 0 aliphatic rings. The number of nitrogens with zero attached hydrogens (tertiary/aromatic N) is 1. The largest absolute Gasteiger partial charge is 0.496 e. The van der Waals surface area contributed by atoms with Crippen LogP contribution in [0, 0.1) is 6.92 Å². The zero-order valence-electron chi connectivity index (χ0n) is 10.8. The van der Waals surface area contributed by atoms with E-state index in [1.54, 1.807) is 7.11 Å². The van der Waals surface area contributed by atoms with Crippen molar-refractivity contribution in [2.75, 3.05) is 14.2 Å². The quantitative estimate of drug-likeness (QED) is 0.866. The Kier molecular flexibility index (Phi) is 3.37. The molecule has 2 rings (SSSR count). The van der Waals surface area contributed by atoms with Gasteiger partial charge in [-0.05, 0) is 19.1 Å². The molecule has 2 aromatic rings. The molecular formula is C14H17N3O. The fourth-order valence-electron chi connectivity index (χ4n) is 1.94.